The standard InChI is InChI=1S/C32H35N5O4S.H2/c1-33-20-28(38)21-7-9-22(10-8-21)31(40)37-13-3-6-27(37)23-4-2-5-24(18-23)30(39)35-32-34-26-12-11-25(19-29(26)42-32)36-14-16-41-17-15-36;/h2,4-5,7-10,18,20,25,27,38H,1,3,6,11-17,19H2,(H,34,35,39);1H/b28-20-;/t25-,27+;/m0./s1. The van der Waals surface area contributed by atoms with Crippen LogP contribution in [0.25, 0.3) is 5.76 Å². The molecule has 0 spiro atoms. The zero-order chi connectivity index (χ0) is 29.1. The molecule has 2 fully saturated rings. The highest BCUT2D eigenvalue weighted by molar-refractivity contribution is 7.15. The highest BCUT2D eigenvalue weighted by Gasteiger charge is 2.32. The van der Waals surface area contributed by atoms with E-state index in [0.29, 0.717) is 34.4 Å². The van der Waals surface area contributed by atoms with Gasteiger partial charge in [-0.25, -0.2) is 4.98 Å². The van der Waals surface area contributed by atoms with Crippen molar-refractivity contribution >= 4 is 40.8 Å². The topological polar surface area (TPSA) is 107 Å². The highest BCUT2D eigenvalue weighted by atomic mass is 32.1. The second-order valence-corrected chi connectivity index (χ2v) is 12.0. The van der Waals surface area contributed by atoms with Crippen LogP contribution in [0.1, 0.15) is 69.1 Å². The number of amides is 2. The summed E-state index contributed by atoms with van der Waals surface area (Å²) in [5, 5.41) is 13.7. The molecule has 10 heteroatoms. The Morgan fingerprint density at radius 3 is 2.67 bits per heavy atom. The van der Waals surface area contributed by atoms with Crippen LogP contribution in [-0.2, 0) is 17.6 Å². The van der Waals surface area contributed by atoms with Crippen molar-refractivity contribution in [2.45, 2.75) is 44.2 Å². The Labute approximate surface area is 251 Å². The van der Waals surface area contributed by atoms with Gasteiger partial charge in [-0.3, -0.25) is 24.8 Å². The number of nitrogens with one attached hydrogen (secondary N) is 1. The number of aliphatic imine (C=N–C) groups is 1. The van der Waals surface area contributed by atoms with Crippen molar-refractivity contribution in [2.75, 3.05) is 38.2 Å². The molecule has 3 aromatic rings. The molecule has 2 saturated heterocycles. The Balaban J connectivity index is 0.00000368. The number of morpholine rings is 1. The molecule has 1 aromatic heterocycles. The fourth-order valence-electron chi connectivity index (χ4n) is 6.19. The SMILES string of the molecule is C=N/C=C(\O)c1ccc(C(=O)N2CCC[C@@H]2c2cccc(C(=O)Nc3nc4c(s3)C[C@@H](N3CCOCC3)CC4)c2)cc1.[HH]. The van der Waals surface area contributed by atoms with Gasteiger partial charge in [-0.15, -0.1) is 11.3 Å². The number of fused-ring (bicyclic) bond motifs is 1. The number of carbonyl (C=O) groups is 2. The lowest BCUT2D eigenvalue weighted by Crippen LogP contribution is -2.45. The number of aliphatic hydroxyl groups excluding tert-OH is 1. The average molecular weight is 588 g/mol. The number of aromatic nitrogens is 1. The van der Waals surface area contributed by atoms with Crippen LogP contribution in [-0.4, -0.2) is 77.3 Å². The molecule has 220 valence electrons. The third-order valence-electron chi connectivity index (χ3n) is 8.38. The van der Waals surface area contributed by atoms with Gasteiger partial charge in [0.2, 0.25) is 0 Å². The molecule has 0 bridgehead atoms. The first-order valence-corrected chi connectivity index (χ1v) is 15.3. The number of aliphatic hydroxyl groups is 1. The van der Waals surface area contributed by atoms with Crippen LogP contribution in [0.3, 0.4) is 0 Å². The summed E-state index contributed by atoms with van der Waals surface area (Å²) in [7, 11) is 0. The zero-order valence-electron chi connectivity index (χ0n) is 23.5. The second-order valence-electron chi connectivity index (χ2n) is 10.9. The number of hydrogen-bond acceptors (Lipinski definition) is 8. The number of anilines is 1. The minimum Gasteiger partial charge on any atom is -0.506 e. The summed E-state index contributed by atoms with van der Waals surface area (Å²) >= 11 is 1.58. The van der Waals surface area contributed by atoms with E-state index in [1.165, 1.54) is 11.1 Å². The van der Waals surface area contributed by atoms with E-state index >= 15 is 0 Å². The van der Waals surface area contributed by atoms with E-state index in [4.69, 9.17) is 9.72 Å². The Hall–Kier alpha value is -3.86. The number of nitrogens with zero attached hydrogens (tertiary/aromatic N) is 4. The van der Waals surface area contributed by atoms with E-state index in [1.807, 2.05) is 23.1 Å². The maximum Gasteiger partial charge on any atom is 0.257 e. The number of rotatable bonds is 7. The first kappa shape index (κ1) is 28.3. The molecule has 2 atom stereocenters. The summed E-state index contributed by atoms with van der Waals surface area (Å²) in [6.07, 6.45) is 5.96. The van der Waals surface area contributed by atoms with Crippen LogP contribution in [0.5, 0.6) is 0 Å². The fourth-order valence-corrected chi connectivity index (χ4v) is 7.26. The predicted molar refractivity (Wildman–Crippen MR) is 166 cm³/mol. The molecular formula is C32H37N5O4S. The second kappa shape index (κ2) is 12.6. The van der Waals surface area contributed by atoms with Crippen LogP contribution < -0.4 is 5.32 Å². The molecule has 0 unspecified atom stereocenters. The van der Waals surface area contributed by atoms with Gasteiger partial charge in [0.15, 0.2) is 5.13 Å². The van der Waals surface area contributed by atoms with Gasteiger partial charge >= 0.3 is 0 Å². The molecule has 2 aliphatic heterocycles. The van der Waals surface area contributed by atoms with E-state index in [0.717, 1.165) is 69.7 Å². The molecule has 2 N–H and O–H groups in total. The molecule has 6 rings (SSSR count). The zero-order valence-corrected chi connectivity index (χ0v) is 24.3. The van der Waals surface area contributed by atoms with E-state index in [9.17, 15) is 14.7 Å². The van der Waals surface area contributed by atoms with Gasteiger partial charge in [0.1, 0.15) is 5.76 Å². The third-order valence-corrected chi connectivity index (χ3v) is 9.42. The minimum absolute atomic E-state index is 0. The van der Waals surface area contributed by atoms with Gasteiger partial charge in [-0.05, 0) is 68.7 Å². The fraction of sp³-hybridized carbons (Fsp3) is 0.375. The number of benzene rings is 2. The Morgan fingerprint density at radius 1 is 1.10 bits per heavy atom. The largest absolute Gasteiger partial charge is 0.506 e. The lowest BCUT2D eigenvalue weighted by molar-refractivity contribution is 0.0139. The summed E-state index contributed by atoms with van der Waals surface area (Å²) in [4.78, 5) is 40.7. The highest BCUT2D eigenvalue weighted by Crippen LogP contribution is 2.35. The summed E-state index contributed by atoms with van der Waals surface area (Å²) < 4.78 is 5.51. The summed E-state index contributed by atoms with van der Waals surface area (Å²) in [5.74, 6) is -0.276. The molecule has 2 aromatic carbocycles. The molecule has 0 saturated carbocycles. The molecular weight excluding hydrogens is 550 g/mol. The lowest BCUT2D eigenvalue weighted by atomic mass is 9.96. The van der Waals surface area contributed by atoms with Crippen molar-refractivity contribution in [3.63, 3.8) is 0 Å². The van der Waals surface area contributed by atoms with Gasteiger partial charge in [0, 0.05) is 48.7 Å². The lowest BCUT2D eigenvalue weighted by Gasteiger charge is -2.36. The van der Waals surface area contributed by atoms with Crippen molar-refractivity contribution in [2.24, 2.45) is 4.99 Å². The van der Waals surface area contributed by atoms with Gasteiger partial charge in [0.05, 0.1) is 31.1 Å². The maximum absolute atomic E-state index is 13.4. The Bertz CT molecular complexity index is 1500. The summed E-state index contributed by atoms with van der Waals surface area (Å²) in [5.41, 5.74) is 3.70. The molecule has 42 heavy (non-hydrogen) atoms. The average Bonchev–Trinajstić information content (AvgIpc) is 3.68. The number of carbonyl (C=O) groups excluding carboxylic acids is 2. The number of likely N-dealkylation sites (tertiary alicyclic amines) is 1. The quantitative estimate of drug-likeness (QED) is 0.285. The van der Waals surface area contributed by atoms with E-state index in [2.05, 4.69) is 21.9 Å². The van der Waals surface area contributed by atoms with Crippen LogP contribution in [0, 0.1) is 0 Å². The molecule has 1 aliphatic carbocycles. The predicted octanol–water partition coefficient (Wildman–Crippen LogP) is 5.37. The van der Waals surface area contributed by atoms with E-state index in [1.54, 1.807) is 41.7 Å². The Morgan fingerprint density at radius 2 is 1.88 bits per heavy atom. The molecule has 9 nitrogen and oxygen atoms in total. The first-order chi connectivity index (χ1) is 20.5. The van der Waals surface area contributed by atoms with Crippen molar-refractivity contribution in [1.29, 1.82) is 0 Å². The van der Waals surface area contributed by atoms with Crippen molar-refractivity contribution in [1.82, 2.24) is 14.8 Å². The minimum atomic E-state index is -0.194. The smallest absolute Gasteiger partial charge is 0.257 e. The summed E-state index contributed by atoms with van der Waals surface area (Å²) in [6.45, 7) is 7.54. The van der Waals surface area contributed by atoms with Crippen molar-refractivity contribution in [3.8, 4) is 0 Å². The normalized spacial score (nSPS) is 21.1. The molecule has 3 heterocycles. The van der Waals surface area contributed by atoms with Crippen LogP contribution in [0.15, 0.2) is 59.7 Å². The molecule has 2 amide bonds. The van der Waals surface area contributed by atoms with Crippen molar-refractivity contribution < 1.29 is 20.9 Å². The number of thiazole rings is 1. The van der Waals surface area contributed by atoms with Crippen molar-refractivity contribution in [3.05, 3.63) is 87.6 Å². The van der Waals surface area contributed by atoms with Crippen LogP contribution >= 0.6 is 11.3 Å². The van der Waals surface area contributed by atoms with Gasteiger partial charge in [-0.2, -0.15) is 0 Å². The third kappa shape index (κ3) is 6.01. The van der Waals surface area contributed by atoms with E-state index < -0.39 is 0 Å². The van der Waals surface area contributed by atoms with Gasteiger partial charge < -0.3 is 14.7 Å². The summed E-state index contributed by atoms with van der Waals surface area (Å²) in [6, 6.07) is 14.8. The molecule has 0 radical (unpaired) electrons. The van der Waals surface area contributed by atoms with Crippen LogP contribution in [0.4, 0.5) is 5.13 Å². The van der Waals surface area contributed by atoms with Crippen LogP contribution in [0.2, 0.25) is 0 Å². The molecule has 3 aliphatic rings. The van der Waals surface area contributed by atoms with Gasteiger partial charge in [-0.1, -0.05) is 24.3 Å². The number of aryl methyl sites for hydroxylation is 1. The van der Waals surface area contributed by atoms with Gasteiger partial charge in [0.25, 0.3) is 11.8 Å². The monoisotopic (exact) mass is 587 g/mol. The van der Waals surface area contributed by atoms with E-state index in [-0.39, 0.29) is 25.0 Å². The maximum atomic E-state index is 13.4. The number of ether oxygens (including phenoxy) is 1. The Kier molecular flexibility index (Phi) is 8.46. The number of hydrogen-bond donors (Lipinski definition) is 2. The first-order valence-electron chi connectivity index (χ1n) is 14.5.